The smallest absolute Gasteiger partial charge is 0.0509 e. The quantitative estimate of drug-likeness (QED) is 0.790. The second-order valence-corrected chi connectivity index (χ2v) is 4.83. The van der Waals surface area contributed by atoms with Crippen molar-refractivity contribution in [1.29, 1.82) is 0 Å². The van der Waals surface area contributed by atoms with Crippen LogP contribution in [0.25, 0.3) is 0 Å². The summed E-state index contributed by atoms with van der Waals surface area (Å²) in [5.41, 5.74) is 1.83. The van der Waals surface area contributed by atoms with E-state index in [1.807, 2.05) is 50.2 Å². The molecule has 0 bridgehead atoms. The number of benzene rings is 1. The Hall–Kier alpha value is -1.06. The summed E-state index contributed by atoms with van der Waals surface area (Å²) in [6, 6.07) is 8.06. The maximum absolute atomic E-state index is 9.30. The first kappa shape index (κ1) is 13.0. The van der Waals surface area contributed by atoms with Gasteiger partial charge in [-0.15, -0.1) is 0 Å². The Labute approximate surface area is 97.3 Å². The molecule has 0 aromatic heterocycles. The zero-order valence-corrected chi connectivity index (χ0v) is 10.3. The summed E-state index contributed by atoms with van der Waals surface area (Å²) in [7, 11) is 3.99. The van der Waals surface area contributed by atoms with Gasteiger partial charge in [-0.2, -0.15) is 0 Å². The van der Waals surface area contributed by atoms with Gasteiger partial charge in [-0.25, -0.2) is 0 Å². The van der Waals surface area contributed by atoms with E-state index in [-0.39, 0.29) is 13.2 Å². The molecule has 0 saturated carbocycles. The molecule has 0 amide bonds. The maximum atomic E-state index is 9.30. The lowest BCUT2D eigenvalue weighted by atomic mass is 9.84. The third-order valence-electron chi connectivity index (χ3n) is 2.85. The van der Waals surface area contributed by atoms with E-state index in [0.717, 1.165) is 11.3 Å². The molecule has 0 aliphatic rings. The van der Waals surface area contributed by atoms with Crippen molar-refractivity contribution in [2.24, 2.45) is 5.41 Å². The molecule has 16 heavy (non-hydrogen) atoms. The second-order valence-electron chi connectivity index (χ2n) is 4.83. The van der Waals surface area contributed by atoms with Crippen LogP contribution >= 0.6 is 0 Å². The lowest BCUT2D eigenvalue weighted by molar-refractivity contribution is 0.0705. The van der Waals surface area contributed by atoms with E-state index >= 15 is 0 Å². The number of para-hydroxylation sites is 1. The molecule has 0 unspecified atom stereocenters. The summed E-state index contributed by atoms with van der Waals surface area (Å²) in [6.07, 6.45) is 0.675. The highest BCUT2D eigenvalue weighted by molar-refractivity contribution is 5.52. The van der Waals surface area contributed by atoms with Crippen molar-refractivity contribution in [1.82, 2.24) is 0 Å². The fourth-order valence-electron chi connectivity index (χ4n) is 1.72. The molecule has 1 aromatic carbocycles. The van der Waals surface area contributed by atoms with Crippen molar-refractivity contribution in [2.45, 2.75) is 13.3 Å². The van der Waals surface area contributed by atoms with Gasteiger partial charge in [-0.05, 0) is 18.1 Å². The molecular formula is C13H21NO2. The molecule has 0 spiro atoms. The minimum atomic E-state index is -0.452. The standard InChI is InChI=1S/C13H21NO2/c1-13(9-15,10-16)8-11-6-4-5-7-12(11)14(2)3/h4-7,15-16H,8-10H2,1-3H3. The van der Waals surface area contributed by atoms with Crippen molar-refractivity contribution in [3.63, 3.8) is 0 Å². The molecule has 0 fully saturated rings. The molecule has 3 nitrogen and oxygen atoms in total. The summed E-state index contributed by atoms with van der Waals surface area (Å²) in [6.45, 7) is 1.87. The van der Waals surface area contributed by atoms with Gasteiger partial charge in [0.05, 0.1) is 13.2 Å². The van der Waals surface area contributed by atoms with E-state index in [1.54, 1.807) is 0 Å². The molecular weight excluding hydrogens is 202 g/mol. The van der Waals surface area contributed by atoms with Crippen LogP contribution in [0.3, 0.4) is 0 Å². The van der Waals surface area contributed by atoms with Gasteiger partial charge in [0.1, 0.15) is 0 Å². The van der Waals surface area contributed by atoms with E-state index in [4.69, 9.17) is 0 Å². The SMILES string of the molecule is CN(C)c1ccccc1CC(C)(CO)CO. The van der Waals surface area contributed by atoms with E-state index in [0.29, 0.717) is 6.42 Å². The third-order valence-corrected chi connectivity index (χ3v) is 2.85. The Kier molecular flexibility index (Phi) is 4.33. The van der Waals surface area contributed by atoms with E-state index in [9.17, 15) is 10.2 Å². The van der Waals surface area contributed by atoms with Crippen LogP contribution in [0.4, 0.5) is 5.69 Å². The van der Waals surface area contributed by atoms with Crippen LogP contribution in [0, 0.1) is 5.41 Å². The first-order valence-electron chi connectivity index (χ1n) is 5.49. The average Bonchev–Trinajstić information content (AvgIpc) is 2.29. The fourth-order valence-corrected chi connectivity index (χ4v) is 1.72. The van der Waals surface area contributed by atoms with Gasteiger partial charge in [0, 0.05) is 25.2 Å². The lowest BCUT2D eigenvalue weighted by Gasteiger charge is -2.27. The highest BCUT2D eigenvalue weighted by Gasteiger charge is 2.24. The number of hydrogen-bond acceptors (Lipinski definition) is 3. The first-order chi connectivity index (χ1) is 7.52. The number of aliphatic hydroxyl groups excluding tert-OH is 2. The first-order valence-corrected chi connectivity index (χ1v) is 5.49. The van der Waals surface area contributed by atoms with Crippen LogP contribution < -0.4 is 4.90 Å². The molecule has 0 radical (unpaired) electrons. The number of aliphatic hydroxyl groups is 2. The number of anilines is 1. The summed E-state index contributed by atoms with van der Waals surface area (Å²) < 4.78 is 0. The second kappa shape index (κ2) is 5.32. The van der Waals surface area contributed by atoms with Crippen LogP contribution in [0.15, 0.2) is 24.3 Å². The molecule has 0 aliphatic heterocycles. The zero-order valence-electron chi connectivity index (χ0n) is 10.3. The number of nitrogens with zero attached hydrogens (tertiary/aromatic N) is 1. The van der Waals surface area contributed by atoms with Crippen LogP contribution in [0.1, 0.15) is 12.5 Å². The lowest BCUT2D eigenvalue weighted by Crippen LogP contribution is -2.29. The largest absolute Gasteiger partial charge is 0.396 e. The van der Waals surface area contributed by atoms with Gasteiger partial charge in [-0.1, -0.05) is 25.1 Å². The molecule has 0 aliphatic carbocycles. The third kappa shape index (κ3) is 2.97. The Morgan fingerprint density at radius 3 is 2.19 bits per heavy atom. The normalized spacial score (nSPS) is 11.6. The van der Waals surface area contributed by atoms with Gasteiger partial charge in [-0.3, -0.25) is 0 Å². The van der Waals surface area contributed by atoms with Gasteiger partial charge in [0.2, 0.25) is 0 Å². The Balaban J connectivity index is 2.96. The van der Waals surface area contributed by atoms with Gasteiger partial charge in [0.25, 0.3) is 0 Å². The maximum Gasteiger partial charge on any atom is 0.0509 e. The van der Waals surface area contributed by atoms with Crippen LogP contribution in [0.5, 0.6) is 0 Å². The molecule has 0 heterocycles. The molecule has 0 atom stereocenters. The van der Waals surface area contributed by atoms with Crippen LogP contribution in [0.2, 0.25) is 0 Å². The summed E-state index contributed by atoms with van der Waals surface area (Å²) in [5, 5.41) is 18.6. The highest BCUT2D eigenvalue weighted by atomic mass is 16.3. The Bertz CT molecular complexity index is 332. The minimum Gasteiger partial charge on any atom is -0.396 e. The van der Waals surface area contributed by atoms with E-state index < -0.39 is 5.41 Å². The minimum absolute atomic E-state index is 0.00867. The van der Waals surface area contributed by atoms with Crippen molar-refractivity contribution in [3.8, 4) is 0 Å². The predicted molar refractivity (Wildman–Crippen MR) is 66.8 cm³/mol. The molecule has 2 N–H and O–H groups in total. The van der Waals surface area contributed by atoms with Crippen molar-refractivity contribution < 1.29 is 10.2 Å². The molecule has 1 rings (SSSR count). The molecule has 3 heteroatoms. The van der Waals surface area contributed by atoms with Gasteiger partial charge < -0.3 is 15.1 Å². The summed E-state index contributed by atoms with van der Waals surface area (Å²) in [4.78, 5) is 2.05. The Morgan fingerprint density at radius 2 is 1.69 bits per heavy atom. The number of hydrogen-bond donors (Lipinski definition) is 2. The predicted octanol–water partition coefficient (Wildman–Crippen LogP) is 1.29. The molecule has 0 saturated heterocycles. The van der Waals surface area contributed by atoms with Crippen LogP contribution in [-0.2, 0) is 6.42 Å². The molecule has 1 aromatic rings. The van der Waals surface area contributed by atoms with Gasteiger partial charge >= 0.3 is 0 Å². The van der Waals surface area contributed by atoms with Gasteiger partial charge in [0.15, 0.2) is 0 Å². The highest BCUT2D eigenvalue weighted by Crippen LogP contribution is 2.27. The monoisotopic (exact) mass is 223 g/mol. The fraction of sp³-hybridized carbons (Fsp3) is 0.538. The topological polar surface area (TPSA) is 43.7 Å². The summed E-state index contributed by atoms with van der Waals surface area (Å²) >= 11 is 0. The van der Waals surface area contributed by atoms with E-state index in [2.05, 4.69) is 0 Å². The average molecular weight is 223 g/mol. The number of rotatable bonds is 5. The van der Waals surface area contributed by atoms with Crippen molar-refractivity contribution >= 4 is 5.69 Å². The summed E-state index contributed by atoms with van der Waals surface area (Å²) in [5.74, 6) is 0. The molecule has 90 valence electrons. The van der Waals surface area contributed by atoms with Crippen LogP contribution in [-0.4, -0.2) is 37.5 Å². The van der Waals surface area contributed by atoms with Crippen molar-refractivity contribution in [3.05, 3.63) is 29.8 Å². The van der Waals surface area contributed by atoms with E-state index in [1.165, 1.54) is 0 Å². The Morgan fingerprint density at radius 1 is 1.12 bits per heavy atom. The zero-order chi connectivity index (χ0) is 12.2. The van der Waals surface area contributed by atoms with Crippen molar-refractivity contribution in [2.75, 3.05) is 32.2 Å².